The van der Waals surface area contributed by atoms with Crippen molar-refractivity contribution in [3.05, 3.63) is 33.6 Å². The standard InChI is InChI=1S/C10H9FN2O2S/c11-8-5-7(3-1-2-4-16)6-9(10(8)12)13(14)15/h5-6,16H,2,4,12H2. The van der Waals surface area contributed by atoms with Gasteiger partial charge in [0, 0.05) is 23.8 Å². The minimum atomic E-state index is -0.829. The summed E-state index contributed by atoms with van der Waals surface area (Å²) in [5, 5.41) is 10.6. The number of anilines is 1. The van der Waals surface area contributed by atoms with Gasteiger partial charge < -0.3 is 5.73 Å². The molecule has 1 aromatic rings. The molecule has 2 N–H and O–H groups in total. The number of nitro groups is 1. The quantitative estimate of drug-likeness (QED) is 0.273. The molecular weight excluding hydrogens is 231 g/mol. The number of nitrogen functional groups attached to an aromatic ring is 1. The zero-order valence-electron chi connectivity index (χ0n) is 8.24. The van der Waals surface area contributed by atoms with E-state index in [-0.39, 0.29) is 5.56 Å². The van der Waals surface area contributed by atoms with Crippen molar-refractivity contribution in [2.45, 2.75) is 6.42 Å². The monoisotopic (exact) mass is 240 g/mol. The number of hydrogen-bond acceptors (Lipinski definition) is 4. The molecule has 16 heavy (non-hydrogen) atoms. The summed E-state index contributed by atoms with van der Waals surface area (Å²) in [5.74, 6) is 5.06. The molecule has 0 saturated carbocycles. The molecular formula is C10H9FN2O2S. The summed E-state index contributed by atoms with van der Waals surface area (Å²) >= 11 is 3.95. The second kappa shape index (κ2) is 5.37. The fourth-order valence-corrected chi connectivity index (χ4v) is 1.16. The maximum Gasteiger partial charge on any atom is 0.296 e. The molecule has 0 aromatic heterocycles. The molecule has 6 heteroatoms. The van der Waals surface area contributed by atoms with E-state index in [0.29, 0.717) is 12.2 Å². The van der Waals surface area contributed by atoms with Crippen molar-refractivity contribution in [1.29, 1.82) is 0 Å². The average Bonchev–Trinajstić information content (AvgIpc) is 2.23. The van der Waals surface area contributed by atoms with Crippen LogP contribution in [0.4, 0.5) is 15.8 Å². The number of nitro benzene ring substituents is 1. The number of thiol groups is 1. The lowest BCUT2D eigenvalue weighted by atomic mass is 10.1. The van der Waals surface area contributed by atoms with Crippen molar-refractivity contribution in [1.82, 2.24) is 0 Å². The third-order valence-corrected chi connectivity index (χ3v) is 2.00. The predicted octanol–water partition coefficient (Wildman–Crippen LogP) is 1.99. The highest BCUT2D eigenvalue weighted by Gasteiger charge is 2.16. The molecule has 0 radical (unpaired) electrons. The number of nitrogens with two attached hydrogens (primary N) is 1. The normalized spacial score (nSPS) is 9.38. The van der Waals surface area contributed by atoms with Gasteiger partial charge in [-0.1, -0.05) is 11.8 Å². The Kier molecular flexibility index (Phi) is 4.14. The first-order valence-electron chi connectivity index (χ1n) is 4.39. The minimum Gasteiger partial charge on any atom is -0.391 e. The smallest absolute Gasteiger partial charge is 0.296 e. The Morgan fingerprint density at radius 3 is 2.81 bits per heavy atom. The first-order valence-corrected chi connectivity index (χ1v) is 5.02. The summed E-state index contributed by atoms with van der Waals surface area (Å²) in [6.45, 7) is 0. The molecule has 0 heterocycles. The lowest BCUT2D eigenvalue weighted by Gasteiger charge is -1.99. The van der Waals surface area contributed by atoms with Crippen LogP contribution in [0.5, 0.6) is 0 Å². The summed E-state index contributed by atoms with van der Waals surface area (Å²) in [6.07, 6.45) is 0.531. The van der Waals surface area contributed by atoms with Crippen molar-refractivity contribution in [2.75, 3.05) is 11.5 Å². The Hall–Kier alpha value is -1.74. The molecule has 0 amide bonds. The van der Waals surface area contributed by atoms with E-state index in [9.17, 15) is 14.5 Å². The molecule has 0 aliphatic rings. The number of benzene rings is 1. The van der Waals surface area contributed by atoms with Gasteiger partial charge in [0.2, 0.25) is 0 Å². The van der Waals surface area contributed by atoms with E-state index in [1.807, 2.05) is 0 Å². The third-order valence-electron chi connectivity index (χ3n) is 1.77. The summed E-state index contributed by atoms with van der Waals surface area (Å²) in [5.41, 5.74) is 4.54. The summed E-state index contributed by atoms with van der Waals surface area (Å²) in [4.78, 5) is 9.82. The van der Waals surface area contributed by atoms with Crippen LogP contribution in [-0.2, 0) is 0 Å². The second-order valence-electron chi connectivity index (χ2n) is 2.92. The van der Waals surface area contributed by atoms with Crippen LogP contribution in [0.3, 0.4) is 0 Å². The van der Waals surface area contributed by atoms with Gasteiger partial charge in [-0.05, 0) is 6.07 Å². The highest BCUT2D eigenvalue weighted by molar-refractivity contribution is 7.80. The molecule has 1 aromatic carbocycles. The Morgan fingerprint density at radius 1 is 1.56 bits per heavy atom. The molecule has 0 unspecified atom stereocenters. The van der Waals surface area contributed by atoms with Gasteiger partial charge in [-0.15, -0.1) is 0 Å². The van der Waals surface area contributed by atoms with Crippen LogP contribution in [-0.4, -0.2) is 10.7 Å². The molecule has 0 aliphatic heterocycles. The Bertz CT molecular complexity index is 480. The third kappa shape index (κ3) is 2.87. The lowest BCUT2D eigenvalue weighted by molar-refractivity contribution is -0.384. The fraction of sp³-hybridized carbons (Fsp3) is 0.200. The van der Waals surface area contributed by atoms with Crippen molar-refractivity contribution in [2.24, 2.45) is 0 Å². The number of nitrogens with zero attached hydrogens (tertiary/aromatic N) is 1. The predicted molar refractivity (Wildman–Crippen MR) is 62.8 cm³/mol. The lowest BCUT2D eigenvalue weighted by Crippen LogP contribution is -1.99. The molecule has 0 bridgehead atoms. The summed E-state index contributed by atoms with van der Waals surface area (Å²) < 4.78 is 13.2. The van der Waals surface area contributed by atoms with Gasteiger partial charge >= 0.3 is 0 Å². The van der Waals surface area contributed by atoms with Crippen molar-refractivity contribution >= 4 is 24.0 Å². The average molecular weight is 240 g/mol. The molecule has 0 spiro atoms. The molecule has 1 rings (SSSR count). The van der Waals surface area contributed by atoms with E-state index >= 15 is 0 Å². The van der Waals surface area contributed by atoms with Crippen molar-refractivity contribution < 1.29 is 9.31 Å². The van der Waals surface area contributed by atoms with Crippen molar-refractivity contribution in [3.63, 3.8) is 0 Å². The minimum absolute atomic E-state index is 0.236. The molecule has 0 saturated heterocycles. The fourth-order valence-electron chi connectivity index (χ4n) is 1.05. The van der Waals surface area contributed by atoms with E-state index in [4.69, 9.17) is 5.73 Å². The SMILES string of the molecule is Nc1c(F)cc(C#CCCS)cc1[N+](=O)[O-]. The highest BCUT2D eigenvalue weighted by atomic mass is 32.1. The van der Waals surface area contributed by atoms with E-state index in [1.165, 1.54) is 0 Å². The number of hydrogen-bond donors (Lipinski definition) is 2. The van der Waals surface area contributed by atoms with Crippen LogP contribution < -0.4 is 5.73 Å². The summed E-state index contributed by atoms with van der Waals surface area (Å²) in [7, 11) is 0. The van der Waals surface area contributed by atoms with Crippen LogP contribution >= 0.6 is 12.6 Å². The molecule has 0 aliphatic carbocycles. The first kappa shape index (κ1) is 12.3. The Balaban J connectivity index is 3.15. The van der Waals surface area contributed by atoms with Gasteiger partial charge in [0.1, 0.15) is 5.69 Å². The van der Waals surface area contributed by atoms with Crippen molar-refractivity contribution in [3.8, 4) is 11.8 Å². The van der Waals surface area contributed by atoms with Crippen LogP contribution in [0.25, 0.3) is 0 Å². The second-order valence-corrected chi connectivity index (χ2v) is 3.37. The van der Waals surface area contributed by atoms with Gasteiger partial charge in [-0.3, -0.25) is 10.1 Å². The number of halogens is 1. The van der Waals surface area contributed by atoms with Crippen LogP contribution in [0, 0.1) is 27.8 Å². The van der Waals surface area contributed by atoms with Gasteiger partial charge in [-0.25, -0.2) is 4.39 Å². The maximum absolute atomic E-state index is 13.2. The zero-order chi connectivity index (χ0) is 12.1. The maximum atomic E-state index is 13.2. The molecule has 84 valence electrons. The van der Waals surface area contributed by atoms with Gasteiger partial charge in [0.25, 0.3) is 5.69 Å². The van der Waals surface area contributed by atoms with E-state index in [1.54, 1.807) is 0 Å². The van der Waals surface area contributed by atoms with Gasteiger partial charge in [0.15, 0.2) is 5.82 Å². The Labute approximate surface area is 97.2 Å². The molecule has 0 fully saturated rings. The first-order chi connectivity index (χ1) is 7.56. The van der Waals surface area contributed by atoms with E-state index < -0.39 is 22.1 Å². The highest BCUT2D eigenvalue weighted by Crippen LogP contribution is 2.25. The zero-order valence-corrected chi connectivity index (χ0v) is 9.13. The number of rotatable bonds is 2. The van der Waals surface area contributed by atoms with Crippen LogP contribution in [0.2, 0.25) is 0 Å². The van der Waals surface area contributed by atoms with Gasteiger partial charge in [0.05, 0.1) is 4.92 Å². The van der Waals surface area contributed by atoms with Crippen LogP contribution in [0.1, 0.15) is 12.0 Å². The Morgan fingerprint density at radius 2 is 2.25 bits per heavy atom. The largest absolute Gasteiger partial charge is 0.391 e. The van der Waals surface area contributed by atoms with Gasteiger partial charge in [-0.2, -0.15) is 12.6 Å². The topological polar surface area (TPSA) is 69.2 Å². The van der Waals surface area contributed by atoms with Crippen LogP contribution in [0.15, 0.2) is 12.1 Å². The molecule has 4 nitrogen and oxygen atoms in total. The summed E-state index contributed by atoms with van der Waals surface area (Å²) in [6, 6.07) is 2.23. The van der Waals surface area contributed by atoms with E-state index in [2.05, 4.69) is 24.5 Å². The van der Waals surface area contributed by atoms with E-state index in [0.717, 1.165) is 12.1 Å². The molecule has 0 atom stereocenters.